The molecule has 6 nitrogen and oxygen atoms in total. The second-order valence-corrected chi connectivity index (χ2v) is 7.81. The zero-order chi connectivity index (χ0) is 30.4. The molecule has 0 saturated heterocycles. The van der Waals surface area contributed by atoms with Crippen molar-refractivity contribution in [2.45, 2.75) is 38.4 Å². The Bertz CT molecular complexity index is 1170. The highest BCUT2D eigenvalue weighted by Gasteiger charge is 2.36. The third-order valence-corrected chi connectivity index (χ3v) is 5.82. The molecule has 1 atom stereocenters. The van der Waals surface area contributed by atoms with Crippen LogP contribution in [0, 0.1) is 17.2 Å². The standard InChI is InChI=1S/C27H38N2O4.ClH/c1-20(2)27(19-28,22-10-12-24(31-5)26(18-22)33-7)14-8-15-29(3)16-13-21-9-11-23(30-4)25(17-21)32-6;/h9-12,17-18,20H,8,13-16H2,1-7H3;1H/t27-;/m1./s1/i1D3,2D3,20D;. The minimum atomic E-state index is -3.31. The molecule has 0 aliphatic carbocycles. The molecule has 34 heavy (non-hydrogen) atoms. The zero-order valence-electron chi connectivity index (χ0n) is 27.4. The Kier molecular flexibility index (Phi) is 8.06. The lowest BCUT2D eigenvalue weighted by Crippen LogP contribution is -2.32. The van der Waals surface area contributed by atoms with Crippen molar-refractivity contribution < 1.29 is 28.5 Å². The van der Waals surface area contributed by atoms with Crippen LogP contribution in [0.25, 0.3) is 0 Å². The van der Waals surface area contributed by atoms with E-state index in [1.165, 1.54) is 32.4 Å². The molecule has 0 fully saturated rings. The van der Waals surface area contributed by atoms with Gasteiger partial charge in [0, 0.05) is 16.1 Å². The topological polar surface area (TPSA) is 64.0 Å². The smallest absolute Gasteiger partial charge is 0.161 e. The summed E-state index contributed by atoms with van der Waals surface area (Å²) in [6.45, 7) is -5.54. The van der Waals surface area contributed by atoms with Crippen molar-refractivity contribution in [3.05, 3.63) is 47.5 Å². The molecule has 0 saturated carbocycles. The van der Waals surface area contributed by atoms with Crippen LogP contribution >= 0.6 is 12.4 Å². The molecule has 0 amide bonds. The van der Waals surface area contributed by atoms with Gasteiger partial charge in [-0.1, -0.05) is 25.8 Å². The van der Waals surface area contributed by atoms with Gasteiger partial charge in [0.25, 0.3) is 0 Å². The molecule has 2 rings (SSSR count). The molecular formula is C27H39ClN2O4. The van der Waals surface area contributed by atoms with Gasteiger partial charge in [0.2, 0.25) is 0 Å². The second-order valence-electron chi connectivity index (χ2n) is 7.81. The molecule has 0 aliphatic rings. The van der Waals surface area contributed by atoms with E-state index in [-0.39, 0.29) is 36.6 Å². The van der Waals surface area contributed by atoms with Gasteiger partial charge in [-0.25, -0.2) is 0 Å². The zero-order valence-corrected chi connectivity index (χ0v) is 21.3. The molecule has 0 aromatic heterocycles. The van der Waals surface area contributed by atoms with Gasteiger partial charge >= 0.3 is 0 Å². The highest BCUT2D eigenvalue weighted by molar-refractivity contribution is 5.85. The Hall–Kier alpha value is -2.62. The molecule has 0 radical (unpaired) electrons. The van der Waals surface area contributed by atoms with E-state index in [0.29, 0.717) is 36.8 Å². The van der Waals surface area contributed by atoms with Crippen molar-refractivity contribution >= 4 is 12.4 Å². The van der Waals surface area contributed by atoms with Gasteiger partial charge < -0.3 is 23.8 Å². The summed E-state index contributed by atoms with van der Waals surface area (Å²) < 4.78 is 79.0. The molecule has 0 unspecified atom stereocenters. The van der Waals surface area contributed by atoms with E-state index < -0.39 is 25.0 Å². The van der Waals surface area contributed by atoms with Crippen molar-refractivity contribution in [3.8, 4) is 29.1 Å². The Morgan fingerprint density at radius 2 is 1.53 bits per heavy atom. The SMILES string of the molecule is Cl.[2H]C([2H])([2H])C([2H])(C([2H])([2H])[2H])[C@](C#N)(CCCN(C)CCc1ccc(OC)c(OC)c1)c1ccc(OC)c(OC)c1. The first-order chi connectivity index (χ1) is 18.6. The van der Waals surface area contributed by atoms with Gasteiger partial charge in [0.05, 0.1) is 39.9 Å². The minimum absolute atomic E-state index is 0. The molecule has 0 aliphatic heterocycles. The summed E-state index contributed by atoms with van der Waals surface area (Å²) in [5.74, 6) is -1.35. The number of methoxy groups -OCH3 is 4. The monoisotopic (exact) mass is 497 g/mol. The normalized spacial score (nSPS) is 16.6. The van der Waals surface area contributed by atoms with Crippen LogP contribution in [-0.2, 0) is 11.8 Å². The van der Waals surface area contributed by atoms with E-state index in [1.54, 1.807) is 14.2 Å². The molecular weight excluding hydrogens is 452 g/mol. The number of hydrogen-bond donors (Lipinski definition) is 0. The lowest BCUT2D eigenvalue weighted by molar-refractivity contribution is 0.292. The van der Waals surface area contributed by atoms with Crippen molar-refractivity contribution in [2.75, 3.05) is 48.6 Å². The summed E-state index contributed by atoms with van der Waals surface area (Å²) in [7, 11) is 7.82. The molecule has 0 heterocycles. The van der Waals surface area contributed by atoms with E-state index in [9.17, 15) is 5.26 Å². The second kappa shape index (κ2) is 13.9. The van der Waals surface area contributed by atoms with Crippen LogP contribution in [0.3, 0.4) is 0 Å². The van der Waals surface area contributed by atoms with Crippen LogP contribution < -0.4 is 18.9 Å². The van der Waals surface area contributed by atoms with Crippen LogP contribution in [0.5, 0.6) is 23.0 Å². The average Bonchev–Trinajstić information content (AvgIpc) is 2.92. The quantitative estimate of drug-likeness (QED) is 0.363. The molecule has 188 valence electrons. The fourth-order valence-electron chi connectivity index (χ4n) is 3.77. The summed E-state index contributed by atoms with van der Waals surface area (Å²) in [5.41, 5.74) is -1.12. The van der Waals surface area contributed by atoms with E-state index in [2.05, 4.69) is 0 Å². The van der Waals surface area contributed by atoms with Crippen molar-refractivity contribution in [2.24, 2.45) is 5.89 Å². The number of nitriles is 1. The molecule has 0 N–H and O–H groups in total. The van der Waals surface area contributed by atoms with Gasteiger partial charge in [-0.05, 0) is 74.1 Å². The largest absolute Gasteiger partial charge is 0.493 e. The summed E-state index contributed by atoms with van der Waals surface area (Å²) in [6.07, 6.45) is 0.764. The van der Waals surface area contributed by atoms with E-state index in [4.69, 9.17) is 28.5 Å². The Balaban J connectivity index is 0.00000840. The van der Waals surface area contributed by atoms with Crippen LogP contribution in [-0.4, -0.2) is 53.5 Å². The summed E-state index contributed by atoms with van der Waals surface area (Å²) in [6, 6.07) is 12.0. The van der Waals surface area contributed by atoms with E-state index >= 15 is 0 Å². The number of rotatable bonds is 13. The van der Waals surface area contributed by atoms with Crippen LogP contribution in [0.4, 0.5) is 0 Å². The Morgan fingerprint density at radius 1 is 0.941 bits per heavy atom. The predicted octanol–water partition coefficient (Wildman–Crippen LogP) is 5.51. The van der Waals surface area contributed by atoms with Gasteiger partial charge in [0.15, 0.2) is 23.0 Å². The average molecular weight is 498 g/mol. The van der Waals surface area contributed by atoms with Crippen molar-refractivity contribution in [3.63, 3.8) is 0 Å². The number of ether oxygens (including phenoxy) is 4. The molecule has 2 aromatic rings. The molecule has 0 spiro atoms. The van der Waals surface area contributed by atoms with Crippen LogP contribution in [0.2, 0.25) is 0 Å². The summed E-state index contributed by atoms with van der Waals surface area (Å²) in [4.78, 5) is 2.00. The summed E-state index contributed by atoms with van der Waals surface area (Å²) >= 11 is 0. The predicted molar refractivity (Wildman–Crippen MR) is 139 cm³/mol. The first kappa shape index (κ1) is 19.7. The van der Waals surface area contributed by atoms with Crippen molar-refractivity contribution in [1.82, 2.24) is 4.90 Å². The number of likely N-dealkylation sites (N-methyl/N-ethyl adjacent to an activating group) is 1. The third-order valence-electron chi connectivity index (χ3n) is 5.82. The number of hydrogen-bond acceptors (Lipinski definition) is 6. The van der Waals surface area contributed by atoms with Gasteiger partial charge in [0.1, 0.15) is 0 Å². The lowest BCUT2D eigenvalue weighted by atomic mass is 9.69. The van der Waals surface area contributed by atoms with Gasteiger partial charge in [-0.3, -0.25) is 0 Å². The number of nitrogens with zero attached hydrogens (tertiary/aromatic N) is 2. The lowest BCUT2D eigenvalue weighted by Gasteiger charge is -2.32. The van der Waals surface area contributed by atoms with E-state index in [1.807, 2.05) is 36.2 Å². The van der Waals surface area contributed by atoms with E-state index in [0.717, 1.165) is 5.56 Å². The molecule has 2 aromatic carbocycles. The maximum atomic E-state index is 10.5. The number of benzene rings is 2. The summed E-state index contributed by atoms with van der Waals surface area (Å²) in [5, 5.41) is 10.5. The fourth-order valence-corrected chi connectivity index (χ4v) is 3.77. The minimum Gasteiger partial charge on any atom is -0.493 e. The Morgan fingerprint density at radius 3 is 2.09 bits per heavy atom. The third kappa shape index (κ3) is 6.94. The maximum absolute atomic E-state index is 10.5. The first-order valence-corrected chi connectivity index (χ1v) is 10.7. The Labute approximate surface area is 221 Å². The van der Waals surface area contributed by atoms with Crippen LogP contribution in [0.15, 0.2) is 36.4 Å². The first-order valence-electron chi connectivity index (χ1n) is 14.2. The van der Waals surface area contributed by atoms with Crippen molar-refractivity contribution in [1.29, 1.82) is 5.26 Å². The fraction of sp³-hybridized carbons (Fsp3) is 0.519. The molecule has 0 bridgehead atoms. The highest BCUT2D eigenvalue weighted by atomic mass is 35.5. The highest BCUT2D eigenvalue weighted by Crippen LogP contribution is 2.40. The molecule has 7 heteroatoms. The maximum Gasteiger partial charge on any atom is 0.161 e. The number of halogens is 1. The van der Waals surface area contributed by atoms with Crippen LogP contribution in [0.1, 0.15) is 47.3 Å². The van der Waals surface area contributed by atoms with Gasteiger partial charge in [-0.15, -0.1) is 12.4 Å². The van der Waals surface area contributed by atoms with Gasteiger partial charge in [-0.2, -0.15) is 5.26 Å².